The van der Waals surface area contributed by atoms with Gasteiger partial charge in [-0.2, -0.15) is 43.4 Å². The van der Waals surface area contributed by atoms with Crippen LogP contribution in [0.2, 0.25) is 0 Å². The largest absolute Gasteiger partial charge is 0.459 e. The minimum Gasteiger partial charge on any atom is -0.199 e. The molecule has 12 heavy (non-hydrogen) atoms. The van der Waals surface area contributed by atoms with Crippen LogP contribution in [-0.4, -0.2) is 23.8 Å². The summed E-state index contributed by atoms with van der Waals surface area (Å²) >= 11 is 2.70. The van der Waals surface area contributed by atoms with E-state index >= 15 is 0 Å². The third-order valence-electron chi connectivity index (χ3n) is 1.01. The van der Waals surface area contributed by atoms with E-state index in [1.165, 1.54) is 0 Å². The Morgan fingerprint density at radius 2 is 1.17 bits per heavy atom. The molecule has 0 aromatic heterocycles. The van der Waals surface area contributed by atoms with Crippen LogP contribution in [0.4, 0.5) is 30.7 Å². The van der Waals surface area contributed by atoms with E-state index in [2.05, 4.69) is 12.6 Å². The summed E-state index contributed by atoms with van der Waals surface area (Å²) in [5.41, 5.74) is 0. The van der Waals surface area contributed by atoms with Crippen LogP contribution in [0.15, 0.2) is 0 Å². The summed E-state index contributed by atoms with van der Waals surface area (Å²) in [6, 6.07) is 0. The highest BCUT2D eigenvalue weighted by Gasteiger charge is 2.72. The molecule has 0 aliphatic rings. The molecule has 0 saturated heterocycles. The summed E-state index contributed by atoms with van der Waals surface area (Å²) in [5, 5.41) is 0. The zero-order chi connectivity index (χ0) is 10.2. The second kappa shape index (κ2) is 2.97. The lowest BCUT2D eigenvalue weighted by molar-refractivity contribution is -0.348. The molecule has 0 bridgehead atoms. The van der Waals surface area contributed by atoms with Gasteiger partial charge in [-0.15, -0.1) is 0 Å². The number of hydrogen-bond donors (Lipinski definition) is 1. The Bertz CT molecular complexity index is 159. The van der Waals surface area contributed by atoms with Crippen molar-refractivity contribution in [3.05, 3.63) is 0 Å². The number of hydrogen-bond acceptors (Lipinski definition) is 1. The molecule has 0 atom stereocenters. The summed E-state index contributed by atoms with van der Waals surface area (Å²) < 4.78 is 81.1. The van der Waals surface area contributed by atoms with Gasteiger partial charge in [-0.3, -0.25) is 0 Å². The molecule has 0 aromatic rings. The van der Waals surface area contributed by atoms with E-state index in [-0.39, 0.29) is 0 Å². The summed E-state index contributed by atoms with van der Waals surface area (Å²) in [7, 11) is 0. The van der Waals surface area contributed by atoms with E-state index in [0.717, 1.165) is 0 Å². The van der Waals surface area contributed by atoms with Crippen molar-refractivity contribution < 1.29 is 30.7 Å². The third-order valence-corrected chi connectivity index (χ3v) is 1.41. The fourth-order valence-electron chi connectivity index (χ4n) is 0.307. The fourth-order valence-corrected chi connectivity index (χ4v) is 0.505. The van der Waals surface area contributed by atoms with Crippen molar-refractivity contribution in [2.45, 2.75) is 18.0 Å². The summed E-state index contributed by atoms with van der Waals surface area (Å²) in [6.07, 6.45) is -6.25. The average molecular weight is 216 g/mol. The molecule has 0 heterocycles. The standard InChI is InChI=1S/C4H3F7S/c5-2(6,1-12)3(7,8)4(9,10)11/h12H,1H2. The van der Waals surface area contributed by atoms with Crippen molar-refractivity contribution in [3.8, 4) is 0 Å². The first-order chi connectivity index (χ1) is 5.06. The Hall–Kier alpha value is -0.140. The molecule has 0 fully saturated rings. The number of thiol groups is 1. The van der Waals surface area contributed by atoms with Gasteiger partial charge in [0, 0.05) is 0 Å². The van der Waals surface area contributed by atoms with Crippen LogP contribution < -0.4 is 0 Å². The van der Waals surface area contributed by atoms with Crippen LogP contribution in [0, 0.1) is 0 Å². The molecule has 0 aromatic carbocycles. The Labute approximate surface area is 68.1 Å². The highest BCUT2D eigenvalue weighted by molar-refractivity contribution is 7.80. The van der Waals surface area contributed by atoms with Crippen molar-refractivity contribution in [3.63, 3.8) is 0 Å². The maximum atomic E-state index is 11.9. The SMILES string of the molecule is FC(F)(F)C(F)(F)C(F)(F)CS. The molecule has 0 amide bonds. The van der Waals surface area contributed by atoms with Gasteiger partial charge in [-0.1, -0.05) is 0 Å². The lowest BCUT2D eigenvalue weighted by Crippen LogP contribution is -2.52. The van der Waals surface area contributed by atoms with Crippen molar-refractivity contribution >= 4 is 12.6 Å². The second-order valence-electron chi connectivity index (χ2n) is 1.93. The molecule has 0 aliphatic heterocycles. The number of halogens is 7. The Morgan fingerprint density at radius 3 is 1.25 bits per heavy atom. The van der Waals surface area contributed by atoms with Crippen LogP contribution in [0.5, 0.6) is 0 Å². The molecule has 0 rings (SSSR count). The summed E-state index contributed by atoms with van der Waals surface area (Å²) in [4.78, 5) is 0. The van der Waals surface area contributed by atoms with Crippen LogP contribution in [0.25, 0.3) is 0 Å². The van der Waals surface area contributed by atoms with Gasteiger partial charge in [0.2, 0.25) is 0 Å². The van der Waals surface area contributed by atoms with Crippen LogP contribution in [0.3, 0.4) is 0 Å². The topological polar surface area (TPSA) is 0 Å². The van der Waals surface area contributed by atoms with Crippen molar-refractivity contribution in [1.29, 1.82) is 0 Å². The molecule has 0 aliphatic carbocycles. The van der Waals surface area contributed by atoms with E-state index in [1.54, 1.807) is 0 Å². The number of rotatable bonds is 2. The minimum absolute atomic E-state index is 1.86. The predicted octanol–water partition coefficient (Wildman–Crippen LogP) is 2.75. The van der Waals surface area contributed by atoms with E-state index in [9.17, 15) is 30.7 Å². The summed E-state index contributed by atoms with van der Waals surface area (Å²) in [5.74, 6) is -13.1. The molecule has 0 nitrogen and oxygen atoms in total. The van der Waals surface area contributed by atoms with E-state index in [1.807, 2.05) is 0 Å². The molecule has 0 saturated carbocycles. The van der Waals surface area contributed by atoms with Gasteiger partial charge >= 0.3 is 18.0 Å². The van der Waals surface area contributed by atoms with Crippen molar-refractivity contribution in [1.82, 2.24) is 0 Å². The van der Waals surface area contributed by atoms with Gasteiger partial charge in [0.05, 0.1) is 5.75 Å². The van der Waals surface area contributed by atoms with Gasteiger partial charge in [-0.25, -0.2) is 0 Å². The molecule has 0 N–H and O–H groups in total. The van der Waals surface area contributed by atoms with Gasteiger partial charge in [-0.05, 0) is 0 Å². The molecule has 0 unspecified atom stereocenters. The van der Waals surface area contributed by atoms with Crippen molar-refractivity contribution in [2.24, 2.45) is 0 Å². The Morgan fingerprint density at radius 1 is 0.833 bits per heavy atom. The molecule has 0 spiro atoms. The van der Waals surface area contributed by atoms with Crippen LogP contribution in [0.1, 0.15) is 0 Å². The molecule has 0 radical (unpaired) electrons. The van der Waals surface area contributed by atoms with Gasteiger partial charge in [0.25, 0.3) is 0 Å². The maximum absolute atomic E-state index is 11.9. The normalized spacial score (nSPS) is 15.0. The highest BCUT2D eigenvalue weighted by atomic mass is 32.1. The molecular weight excluding hydrogens is 213 g/mol. The Balaban J connectivity index is 4.85. The summed E-state index contributed by atoms with van der Waals surface area (Å²) in [6.45, 7) is 0. The van der Waals surface area contributed by atoms with Gasteiger partial charge < -0.3 is 0 Å². The maximum Gasteiger partial charge on any atom is 0.459 e. The zero-order valence-electron chi connectivity index (χ0n) is 5.30. The molecular formula is C4H3F7S. The van der Waals surface area contributed by atoms with E-state index in [0.29, 0.717) is 0 Å². The van der Waals surface area contributed by atoms with Crippen LogP contribution >= 0.6 is 12.6 Å². The van der Waals surface area contributed by atoms with Crippen LogP contribution in [-0.2, 0) is 0 Å². The highest BCUT2D eigenvalue weighted by Crippen LogP contribution is 2.46. The third kappa shape index (κ3) is 1.78. The smallest absolute Gasteiger partial charge is 0.199 e. The lowest BCUT2D eigenvalue weighted by atomic mass is 10.2. The fraction of sp³-hybridized carbons (Fsp3) is 1.00. The first-order valence-corrected chi connectivity index (χ1v) is 3.13. The minimum atomic E-state index is -6.25. The monoisotopic (exact) mass is 216 g/mol. The average Bonchev–Trinajstić information content (AvgIpc) is 1.85. The van der Waals surface area contributed by atoms with Gasteiger partial charge in [0.15, 0.2) is 0 Å². The first kappa shape index (κ1) is 11.9. The lowest BCUT2D eigenvalue weighted by Gasteiger charge is -2.26. The molecule has 8 heteroatoms. The second-order valence-corrected chi connectivity index (χ2v) is 2.25. The van der Waals surface area contributed by atoms with Crippen molar-refractivity contribution in [2.75, 3.05) is 5.75 Å². The van der Waals surface area contributed by atoms with E-state index in [4.69, 9.17) is 0 Å². The Kier molecular flexibility index (Phi) is 2.93. The predicted molar refractivity (Wildman–Crippen MR) is 29.8 cm³/mol. The van der Waals surface area contributed by atoms with E-state index < -0.39 is 23.8 Å². The zero-order valence-corrected chi connectivity index (χ0v) is 6.19. The molecule has 74 valence electrons. The number of alkyl halides is 7. The van der Waals surface area contributed by atoms with Gasteiger partial charge in [0.1, 0.15) is 0 Å². The quantitative estimate of drug-likeness (QED) is 0.532. The first-order valence-electron chi connectivity index (χ1n) is 2.49.